The first kappa shape index (κ1) is 20.3. The van der Waals surface area contributed by atoms with Gasteiger partial charge in [-0.1, -0.05) is 35.0 Å². The molecule has 1 aliphatic rings. The summed E-state index contributed by atoms with van der Waals surface area (Å²) in [4.78, 5) is 14.6. The van der Waals surface area contributed by atoms with E-state index in [1.54, 1.807) is 6.07 Å². The molecule has 0 spiro atoms. The molecule has 1 unspecified atom stereocenters. The largest absolute Gasteiger partial charge is 0.486 e. The fraction of sp³-hybridized carbons (Fsp3) is 0.273. The van der Waals surface area contributed by atoms with E-state index in [2.05, 4.69) is 10.5 Å². The molecule has 1 aliphatic heterocycles. The number of hydrogen-bond donors (Lipinski definition) is 1. The van der Waals surface area contributed by atoms with Crippen LogP contribution >= 0.6 is 11.6 Å². The quantitative estimate of drug-likeness (QED) is 0.644. The number of halogens is 1. The van der Waals surface area contributed by atoms with E-state index >= 15 is 0 Å². The van der Waals surface area contributed by atoms with Gasteiger partial charge in [-0.3, -0.25) is 4.79 Å². The Balaban J connectivity index is 1.46. The van der Waals surface area contributed by atoms with E-state index in [1.807, 2.05) is 61.5 Å². The first-order valence-electron chi connectivity index (χ1n) is 9.58. The van der Waals surface area contributed by atoms with Gasteiger partial charge >= 0.3 is 0 Å². The monoisotopic (exact) mass is 427 g/mol. The van der Waals surface area contributed by atoms with Crippen molar-refractivity contribution < 1.29 is 18.8 Å². The summed E-state index contributed by atoms with van der Waals surface area (Å²) in [5, 5.41) is 7.49. The molecule has 0 fully saturated rings. The summed E-state index contributed by atoms with van der Waals surface area (Å²) >= 11 is 6.33. The zero-order valence-corrected chi connectivity index (χ0v) is 17.5. The number of nitrogens with one attached hydrogen (secondary N) is 1. The summed E-state index contributed by atoms with van der Waals surface area (Å²) in [6, 6.07) is 14.6. The van der Waals surface area contributed by atoms with Crippen LogP contribution in [0.4, 0.5) is 0 Å². The molecule has 1 aromatic heterocycles. The maximum atomic E-state index is 12.6. The van der Waals surface area contributed by atoms with Crippen LogP contribution in [0.3, 0.4) is 0 Å². The Bertz CT molecular complexity index is 1050. The van der Waals surface area contributed by atoms with Crippen LogP contribution in [0.25, 0.3) is 11.3 Å². The van der Waals surface area contributed by atoms with Crippen LogP contribution in [0.5, 0.6) is 11.5 Å². The average molecular weight is 428 g/mol. The zero-order valence-electron chi connectivity index (χ0n) is 16.7. The van der Waals surface area contributed by atoms with Gasteiger partial charge in [-0.2, -0.15) is 0 Å². The number of carbonyl (C=O) groups is 1. The second-order valence-corrected chi connectivity index (χ2v) is 7.55. The lowest BCUT2D eigenvalue weighted by Gasteiger charge is -2.25. The van der Waals surface area contributed by atoms with Crippen LogP contribution in [0.2, 0.25) is 5.02 Å². The smallest absolute Gasteiger partial charge is 0.273 e. The molecule has 1 amide bonds. The minimum Gasteiger partial charge on any atom is -0.486 e. The van der Waals surface area contributed by atoms with Gasteiger partial charge in [-0.25, -0.2) is 0 Å². The number of carbonyl (C=O) groups excluding carboxylic acids is 1. The summed E-state index contributed by atoms with van der Waals surface area (Å²) < 4.78 is 16.5. The number of aromatic nitrogens is 1. The second-order valence-electron chi connectivity index (χ2n) is 7.15. The van der Waals surface area contributed by atoms with Gasteiger partial charge in [0.1, 0.15) is 13.2 Å². The molecule has 0 radical (unpaired) electrons. The third-order valence-electron chi connectivity index (χ3n) is 4.91. The fourth-order valence-electron chi connectivity index (χ4n) is 3.31. The molecule has 2 heterocycles. The highest BCUT2D eigenvalue weighted by atomic mass is 35.5. The Morgan fingerprint density at radius 2 is 1.90 bits per heavy atom. The molecule has 3 aromatic rings. The Morgan fingerprint density at radius 3 is 2.67 bits per heavy atom. The average Bonchev–Trinajstić information content (AvgIpc) is 3.25. The van der Waals surface area contributed by atoms with Gasteiger partial charge in [-0.05, 0) is 43.9 Å². The topological polar surface area (TPSA) is 76.8 Å². The Hall–Kier alpha value is -3.03. The first-order chi connectivity index (χ1) is 14.5. The number of likely N-dealkylation sites (N-methyl/N-ethyl adjacent to an activating group) is 1. The highest BCUT2D eigenvalue weighted by Crippen LogP contribution is 2.34. The number of fused-ring (bicyclic) bond motifs is 1. The van der Waals surface area contributed by atoms with Gasteiger partial charge in [0, 0.05) is 23.2 Å². The van der Waals surface area contributed by atoms with Crippen LogP contribution in [-0.4, -0.2) is 49.8 Å². The van der Waals surface area contributed by atoms with E-state index in [9.17, 15) is 4.79 Å². The molecule has 2 aromatic carbocycles. The maximum Gasteiger partial charge on any atom is 0.273 e. The predicted molar refractivity (Wildman–Crippen MR) is 113 cm³/mol. The standard InChI is InChI=1S/C22H22ClN3O4/c1-26(2)18(15-5-3-4-6-16(15)23)13-24-22(27)17-12-20(30-25-17)14-7-8-19-21(11-14)29-10-9-28-19/h3-8,11-12,18H,9-10,13H2,1-2H3,(H,24,27). The number of ether oxygens (including phenoxy) is 2. The minimum absolute atomic E-state index is 0.0770. The van der Waals surface area contributed by atoms with E-state index in [4.69, 9.17) is 25.6 Å². The fourth-order valence-corrected chi connectivity index (χ4v) is 3.57. The van der Waals surface area contributed by atoms with Crippen molar-refractivity contribution in [3.05, 3.63) is 64.8 Å². The lowest BCUT2D eigenvalue weighted by Crippen LogP contribution is -2.34. The minimum atomic E-state index is -0.318. The molecule has 0 bridgehead atoms. The van der Waals surface area contributed by atoms with Crippen molar-refractivity contribution in [1.29, 1.82) is 0 Å². The number of nitrogens with zero attached hydrogens (tertiary/aromatic N) is 2. The highest BCUT2D eigenvalue weighted by molar-refractivity contribution is 6.31. The van der Waals surface area contributed by atoms with Gasteiger partial charge in [0.15, 0.2) is 23.0 Å². The summed E-state index contributed by atoms with van der Waals surface area (Å²) in [6.45, 7) is 1.40. The van der Waals surface area contributed by atoms with Crippen molar-refractivity contribution in [1.82, 2.24) is 15.4 Å². The van der Waals surface area contributed by atoms with Crippen molar-refractivity contribution in [3.8, 4) is 22.8 Å². The van der Waals surface area contributed by atoms with E-state index in [0.29, 0.717) is 42.0 Å². The summed E-state index contributed by atoms with van der Waals surface area (Å²) in [5.41, 5.74) is 1.91. The van der Waals surface area contributed by atoms with Gasteiger partial charge in [0.25, 0.3) is 5.91 Å². The van der Waals surface area contributed by atoms with Crippen LogP contribution in [-0.2, 0) is 0 Å². The van der Waals surface area contributed by atoms with Crippen molar-refractivity contribution >= 4 is 17.5 Å². The lowest BCUT2D eigenvalue weighted by molar-refractivity contribution is 0.0933. The molecule has 156 valence electrons. The summed E-state index contributed by atoms with van der Waals surface area (Å²) in [5.74, 6) is 1.50. The van der Waals surface area contributed by atoms with E-state index in [-0.39, 0.29) is 17.6 Å². The third-order valence-corrected chi connectivity index (χ3v) is 5.26. The molecule has 4 rings (SSSR count). The van der Waals surface area contributed by atoms with Crippen LogP contribution in [0.15, 0.2) is 53.1 Å². The van der Waals surface area contributed by atoms with Crippen molar-refractivity contribution in [2.45, 2.75) is 6.04 Å². The summed E-state index contributed by atoms with van der Waals surface area (Å²) in [6.07, 6.45) is 0. The van der Waals surface area contributed by atoms with Crippen LogP contribution < -0.4 is 14.8 Å². The predicted octanol–water partition coefficient (Wildman–Crippen LogP) is 3.80. The van der Waals surface area contributed by atoms with E-state index in [1.165, 1.54) is 0 Å². The van der Waals surface area contributed by atoms with Crippen LogP contribution in [0, 0.1) is 0 Å². The number of hydrogen-bond acceptors (Lipinski definition) is 6. The molecule has 1 N–H and O–H groups in total. The second kappa shape index (κ2) is 8.77. The van der Waals surface area contributed by atoms with Gasteiger partial charge in [0.05, 0.1) is 6.04 Å². The number of rotatable bonds is 6. The van der Waals surface area contributed by atoms with Gasteiger partial charge < -0.3 is 24.2 Å². The Morgan fingerprint density at radius 1 is 1.13 bits per heavy atom. The van der Waals surface area contributed by atoms with E-state index in [0.717, 1.165) is 11.1 Å². The molecular weight excluding hydrogens is 406 g/mol. The molecule has 7 nitrogen and oxygen atoms in total. The number of amides is 1. The highest BCUT2D eigenvalue weighted by Gasteiger charge is 2.21. The van der Waals surface area contributed by atoms with Gasteiger partial charge in [0.2, 0.25) is 0 Å². The summed E-state index contributed by atoms with van der Waals surface area (Å²) in [7, 11) is 3.88. The van der Waals surface area contributed by atoms with Gasteiger partial charge in [-0.15, -0.1) is 0 Å². The third kappa shape index (κ3) is 4.27. The zero-order chi connectivity index (χ0) is 21.1. The maximum absolute atomic E-state index is 12.6. The van der Waals surface area contributed by atoms with Crippen LogP contribution in [0.1, 0.15) is 22.1 Å². The normalized spacial score (nSPS) is 13.9. The first-order valence-corrected chi connectivity index (χ1v) is 9.96. The van der Waals surface area contributed by atoms with Crippen molar-refractivity contribution in [2.75, 3.05) is 33.9 Å². The lowest BCUT2D eigenvalue weighted by atomic mass is 10.1. The SMILES string of the molecule is CN(C)C(CNC(=O)c1cc(-c2ccc3c(c2)OCCO3)on1)c1ccccc1Cl. The molecule has 0 aliphatic carbocycles. The Labute approximate surface area is 179 Å². The molecule has 8 heteroatoms. The molecule has 0 saturated heterocycles. The Kier molecular flexibility index (Phi) is 5.92. The number of benzene rings is 2. The molecule has 1 atom stereocenters. The van der Waals surface area contributed by atoms with Crippen molar-refractivity contribution in [2.24, 2.45) is 0 Å². The molecular formula is C22H22ClN3O4. The molecule has 0 saturated carbocycles. The van der Waals surface area contributed by atoms with Crippen molar-refractivity contribution in [3.63, 3.8) is 0 Å². The molecule has 30 heavy (non-hydrogen) atoms. The van der Waals surface area contributed by atoms with E-state index < -0.39 is 0 Å².